The summed E-state index contributed by atoms with van der Waals surface area (Å²) in [5, 5.41) is 0.142. The second-order valence-electron chi connectivity index (χ2n) is 4.70. The summed E-state index contributed by atoms with van der Waals surface area (Å²) in [4.78, 5) is 6.95. The Balaban J connectivity index is 2.36. The van der Waals surface area contributed by atoms with Crippen LogP contribution in [0.25, 0.3) is 0 Å². The first-order valence-corrected chi connectivity index (χ1v) is 8.28. The van der Waals surface area contributed by atoms with E-state index in [0.29, 0.717) is 17.9 Å². The minimum absolute atomic E-state index is 0.0303. The van der Waals surface area contributed by atoms with Crippen molar-refractivity contribution < 1.29 is 8.42 Å². The molecule has 0 spiro atoms. The monoisotopic (exact) mass is 328 g/mol. The number of nitrogen functional groups attached to an aromatic ring is 1. The first-order valence-electron chi connectivity index (χ1n) is 6.42. The van der Waals surface area contributed by atoms with Gasteiger partial charge < -0.3 is 10.7 Å². The lowest BCUT2D eigenvalue weighted by molar-refractivity contribution is 0.539. The molecule has 0 aliphatic rings. The summed E-state index contributed by atoms with van der Waals surface area (Å²) in [5.41, 5.74) is 6.89. The van der Waals surface area contributed by atoms with Crippen molar-refractivity contribution in [3.63, 3.8) is 0 Å². The number of nitrogens with zero attached hydrogens (tertiary/aromatic N) is 1. The molecule has 0 bridgehead atoms. The van der Waals surface area contributed by atoms with Gasteiger partial charge >= 0.3 is 0 Å². The lowest BCUT2D eigenvalue weighted by Crippen LogP contribution is -2.29. The number of aryl methyl sites for hydroxylation is 1. The van der Waals surface area contributed by atoms with Gasteiger partial charge in [0.25, 0.3) is 0 Å². The zero-order valence-electron chi connectivity index (χ0n) is 11.7. The van der Waals surface area contributed by atoms with E-state index in [0.717, 1.165) is 5.56 Å². The van der Waals surface area contributed by atoms with Gasteiger partial charge in [-0.05, 0) is 31.0 Å². The van der Waals surface area contributed by atoms with Gasteiger partial charge in [-0.2, -0.15) is 0 Å². The van der Waals surface area contributed by atoms with Gasteiger partial charge in [-0.1, -0.05) is 18.5 Å². The Morgan fingerprint density at radius 2 is 2.19 bits per heavy atom. The van der Waals surface area contributed by atoms with Gasteiger partial charge in [0.2, 0.25) is 10.0 Å². The fourth-order valence-electron chi connectivity index (χ4n) is 1.93. The molecular formula is C13H17ClN4O2S. The second kappa shape index (κ2) is 6.05. The highest BCUT2D eigenvalue weighted by Gasteiger charge is 2.24. The maximum absolute atomic E-state index is 12.5. The van der Waals surface area contributed by atoms with E-state index < -0.39 is 16.1 Å². The molecule has 21 heavy (non-hydrogen) atoms. The van der Waals surface area contributed by atoms with Crippen molar-refractivity contribution >= 4 is 27.3 Å². The number of aromatic amines is 1. The van der Waals surface area contributed by atoms with Crippen LogP contribution in [0.4, 0.5) is 5.69 Å². The van der Waals surface area contributed by atoms with Crippen molar-refractivity contribution in [3.8, 4) is 0 Å². The molecule has 0 aliphatic carbocycles. The Morgan fingerprint density at radius 1 is 1.48 bits per heavy atom. The molecule has 0 aliphatic heterocycles. The van der Waals surface area contributed by atoms with E-state index in [1.165, 1.54) is 6.07 Å². The molecule has 0 fully saturated rings. The lowest BCUT2D eigenvalue weighted by Gasteiger charge is -2.16. The number of hydrogen-bond donors (Lipinski definition) is 3. The fourth-order valence-corrected chi connectivity index (χ4v) is 3.83. The average molecular weight is 329 g/mol. The van der Waals surface area contributed by atoms with Gasteiger partial charge in [-0.25, -0.2) is 18.1 Å². The fraction of sp³-hybridized carbons (Fsp3) is 0.308. The van der Waals surface area contributed by atoms with Gasteiger partial charge in [-0.15, -0.1) is 0 Å². The third-order valence-electron chi connectivity index (χ3n) is 3.17. The van der Waals surface area contributed by atoms with Gasteiger partial charge in [0.05, 0.1) is 11.1 Å². The Hall–Kier alpha value is -1.57. The van der Waals surface area contributed by atoms with Crippen molar-refractivity contribution in [1.82, 2.24) is 14.7 Å². The predicted molar refractivity (Wildman–Crippen MR) is 82.5 cm³/mol. The summed E-state index contributed by atoms with van der Waals surface area (Å²) in [7, 11) is -3.79. The number of imidazole rings is 1. The molecule has 0 saturated heterocycles. The molecule has 1 atom stereocenters. The minimum Gasteiger partial charge on any atom is -0.398 e. The highest BCUT2D eigenvalue weighted by atomic mass is 35.5. The molecule has 2 aromatic rings. The number of aromatic nitrogens is 2. The minimum atomic E-state index is -3.79. The van der Waals surface area contributed by atoms with Crippen LogP contribution in [0.15, 0.2) is 29.4 Å². The molecular weight excluding hydrogens is 312 g/mol. The Labute approximate surface area is 128 Å². The number of anilines is 1. The summed E-state index contributed by atoms with van der Waals surface area (Å²) in [6.07, 6.45) is 3.76. The van der Waals surface area contributed by atoms with E-state index in [9.17, 15) is 8.42 Å². The highest BCUT2D eigenvalue weighted by Crippen LogP contribution is 2.28. The molecule has 114 valence electrons. The molecule has 1 aromatic heterocycles. The molecule has 0 amide bonds. The third-order valence-corrected chi connectivity index (χ3v) is 5.10. The average Bonchev–Trinajstić information content (AvgIpc) is 2.94. The first-order chi connectivity index (χ1) is 9.85. The van der Waals surface area contributed by atoms with Crippen LogP contribution in [-0.4, -0.2) is 18.4 Å². The van der Waals surface area contributed by atoms with E-state index in [-0.39, 0.29) is 9.92 Å². The summed E-state index contributed by atoms with van der Waals surface area (Å²) in [6.45, 7) is 3.63. The molecule has 1 heterocycles. The van der Waals surface area contributed by atoms with E-state index >= 15 is 0 Å². The Bertz CT molecular complexity index is 729. The van der Waals surface area contributed by atoms with E-state index in [4.69, 9.17) is 17.3 Å². The molecule has 0 radical (unpaired) electrons. The van der Waals surface area contributed by atoms with Gasteiger partial charge in [0, 0.05) is 18.1 Å². The van der Waals surface area contributed by atoms with E-state index in [1.54, 1.807) is 25.4 Å². The quantitative estimate of drug-likeness (QED) is 0.733. The topological polar surface area (TPSA) is 101 Å². The van der Waals surface area contributed by atoms with Crippen LogP contribution in [0.3, 0.4) is 0 Å². The highest BCUT2D eigenvalue weighted by molar-refractivity contribution is 7.89. The van der Waals surface area contributed by atoms with Crippen LogP contribution in [0.5, 0.6) is 0 Å². The normalized spacial score (nSPS) is 13.3. The van der Waals surface area contributed by atoms with Crippen molar-refractivity contribution in [1.29, 1.82) is 0 Å². The number of nitrogens with two attached hydrogens (primary N) is 1. The van der Waals surface area contributed by atoms with Gasteiger partial charge in [0.1, 0.15) is 10.7 Å². The number of rotatable bonds is 5. The predicted octanol–water partition coefficient (Wildman–Crippen LogP) is 2.38. The Morgan fingerprint density at radius 3 is 2.76 bits per heavy atom. The first kappa shape index (κ1) is 15.8. The van der Waals surface area contributed by atoms with Gasteiger partial charge in [-0.3, -0.25) is 0 Å². The molecule has 0 saturated carbocycles. The summed E-state index contributed by atoms with van der Waals surface area (Å²) in [6, 6.07) is 2.46. The number of hydrogen-bond acceptors (Lipinski definition) is 4. The van der Waals surface area contributed by atoms with E-state index in [2.05, 4.69) is 14.7 Å². The van der Waals surface area contributed by atoms with Crippen molar-refractivity contribution in [2.24, 2.45) is 0 Å². The summed E-state index contributed by atoms with van der Waals surface area (Å²) < 4.78 is 27.6. The summed E-state index contributed by atoms with van der Waals surface area (Å²) >= 11 is 6.04. The van der Waals surface area contributed by atoms with Crippen LogP contribution in [0.1, 0.15) is 30.8 Å². The molecule has 8 heteroatoms. The number of nitrogens with one attached hydrogen (secondary N) is 2. The van der Waals surface area contributed by atoms with E-state index in [1.807, 2.05) is 6.92 Å². The maximum atomic E-state index is 12.5. The number of sulfonamides is 1. The van der Waals surface area contributed by atoms with Crippen LogP contribution in [0.2, 0.25) is 5.02 Å². The number of H-pyrrole nitrogens is 1. The summed E-state index contributed by atoms with van der Waals surface area (Å²) in [5.74, 6) is 0.553. The van der Waals surface area contributed by atoms with Crippen LogP contribution >= 0.6 is 11.6 Å². The smallest absolute Gasteiger partial charge is 0.242 e. The molecule has 4 N–H and O–H groups in total. The largest absolute Gasteiger partial charge is 0.398 e. The molecule has 1 aromatic carbocycles. The van der Waals surface area contributed by atoms with Crippen LogP contribution < -0.4 is 10.5 Å². The number of benzene rings is 1. The second-order valence-corrected chi connectivity index (χ2v) is 6.79. The third kappa shape index (κ3) is 3.37. The standard InChI is InChI=1S/C13H17ClN4O2S/c1-3-11(13-16-4-5-17-13)18-21(19,20)12-7-10(15)8(2)6-9(12)14/h4-7,11,18H,3,15H2,1-2H3,(H,16,17). The maximum Gasteiger partial charge on any atom is 0.242 e. The van der Waals surface area contributed by atoms with Crippen molar-refractivity contribution in [2.45, 2.75) is 31.2 Å². The van der Waals surface area contributed by atoms with Crippen molar-refractivity contribution in [3.05, 3.63) is 40.9 Å². The Kier molecular flexibility index (Phi) is 4.55. The van der Waals surface area contributed by atoms with Crippen LogP contribution in [0, 0.1) is 6.92 Å². The lowest BCUT2D eigenvalue weighted by atomic mass is 10.2. The van der Waals surface area contributed by atoms with Crippen LogP contribution in [-0.2, 0) is 10.0 Å². The molecule has 2 rings (SSSR count). The van der Waals surface area contributed by atoms with Gasteiger partial charge in [0.15, 0.2) is 0 Å². The zero-order valence-corrected chi connectivity index (χ0v) is 13.3. The molecule has 1 unspecified atom stereocenters. The SMILES string of the molecule is CCC(NS(=O)(=O)c1cc(N)c(C)cc1Cl)c1ncc[nH]1. The molecule has 6 nitrogen and oxygen atoms in total. The zero-order chi connectivity index (χ0) is 15.6. The number of halogens is 1. The van der Waals surface area contributed by atoms with Crippen molar-refractivity contribution in [2.75, 3.05) is 5.73 Å².